The normalized spacial score (nSPS) is 20.6. The Morgan fingerprint density at radius 1 is 1.14 bits per heavy atom. The summed E-state index contributed by atoms with van der Waals surface area (Å²) >= 11 is 0. The highest BCUT2D eigenvalue weighted by Gasteiger charge is 2.48. The third kappa shape index (κ3) is 5.27. The van der Waals surface area contributed by atoms with Crippen molar-refractivity contribution in [2.45, 2.75) is 37.5 Å². The van der Waals surface area contributed by atoms with Crippen molar-refractivity contribution < 1.29 is 36.0 Å². The van der Waals surface area contributed by atoms with Gasteiger partial charge in [0.05, 0.1) is 21.9 Å². The van der Waals surface area contributed by atoms with Gasteiger partial charge < -0.3 is 16.0 Å². The highest BCUT2D eigenvalue weighted by Crippen LogP contribution is 2.39. The van der Waals surface area contributed by atoms with Crippen LogP contribution in [0, 0.1) is 5.41 Å². The maximum Gasteiger partial charge on any atom is 0.416 e. The molecule has 12 heteroatoms. The van der Waals surface area contributed by atoms with E-state index in [1.807, 2.05) is 0 Å². The largest absolute Gasteiger partial charge is 0.416 e. The molecule has 1 aliphatic rings. The lowest BCUT2D eigenvalue weighted by Gasteiger charge is -2.42. The van der Waals surface area contributed by atoms with E-state index in [2.05, 4.69) is 5.32 Å². The minimum atomic E-state index is -4.67. The van der Waals surface area contributed by atoms with Crippen molar-refractivity contribution in [3.8, 4) is 0 Å². The second-order valence-electron chi connectivity index (χ2n) is 8.70. The van der Waals surface area contributed by atoms with Gasteiger partial charge >= 0.3 is 6.18 Å². The Morgan fingerprint density at radius 2 is 1.75 bits per heavy atom. The Morgan fingerprint density at radius 3 is 2.28 bits per heavy atom. The second-order valence-corrected chi connectivity index (χ2v) is 10.7. The summed E-state index contributed by atoms with van der Waals surface area (Å²) < 4.78 is 63.0. The zero-order valence-corrected chi connectivity index (χ0v) is 20.4. The van der Waals surface area contributed by atoms with Crippen LogP contribution in [-0.2, 0) is 36.9 Å². The third-order valence-electron chi connectivity index (χ3n) is 6.18. The monoisotopic (exact) mass is 523 g/mol. The van der Waals surface area contributed by atoms with E-state index >= 15 is 0 Å². The van der Waals surface area contributed by atoms with E-state index in [0.717, 1.165) is 35.4 Å². The predicted octanol–water partition coefficient (Wildman–Crippen LogP) is 2.58. The lowest BCUT2D eigenvalue weighted by atomic mass is 9.76. The molecule has 0 aromatic heterocycles. The first kappa shape index (κ1) is 26.9. The van der Waals surface area contributed by atoms with Crippen molar-refractivity contribution in [1.29, 1.82) is 0 Å². The van der Waals surface area contributed by atoms with E-state index < -0.39 is 56.3 Å². The van der Waals surface area contributed by atoms with Crippen molar-refractivity contribution in [1.82, 2.24) is 5.32 Å². The summed E-state index contributed by atoms with van der Waals surface area (Å²) in [6.07, 6.45) is -2.49. The number of rotatable bonds is 6. The van der Waals surface area contributed by atoms with Gasteiger partial charge in [-0.15, -0.1) is 0 Å². The van der Waals surface area contributed by atoms with Crippen molar-refractivity contribution in [2.24, 2.45) is 11.1 Å². The summed E-state index contributed by atoms with van der Waals surface area (Å²) in [5.74, 6) is -2.64. The molecular weight excluding hydrogens is 499 g/mol. The molecule has 0 spiro atoms. The highest BCUT2D eigenvalue weighted by molar-refractivity contribution is 7.90. The molecule has 3 N–H and O–H groups in total. The first-order chi connectivity index (χ1) is 16.6. The topological polar surface area (TPSA) is 127 Å². The minimum absolute atomic E-state index is 0.0834. The number of nitrogens with two attached hydrogens (primary N) is 1. The van der Waals surface area contributed by atoms with E-state index in [1.165, 1.54) is 44.2 Å². The Balaban J connectivity index is 1.94. The number of carbonyl (C=O) groups is 3. The Bertz CT molecular complexity index is 1350. The van der Waals surface area contributed by atoms with E-state index in [-0.39, 0.29) is 17.1 Å². The van der Waals surface area contributed by atoms with E-state index in [0.29, 0.717) is 5.56 Å². The number of carbonyl (C=O) groups excluding carboxylic acids is 3. The fraction of sp³-hybridized carbons (Fsp3) is 0.292. The molecule has 0 fully saturated rings. The average Bonchev–Trinajstić information content (AvgIpc) is 2.79. The number of halogens is 3. The lowest BCUT2D eigenvalue weighted by molar-refractivity contribution is -0.137. The lowest BCUT2D eigenvalue weighted by Crippen LogP contribution is -2.57. The van der Waals surface area contributed by atoms with E-state index in [9.17, 15) is 36.0 Å². The van der Waals surface area contributed by atoms with Gasteiger partial charge in [-0.2, -0.15) is 13.2 Å². The third-order valence-corrected chi connectivity index (χ3v) is 7.31. The predicted molar refractivity (Wildman–Crippen MR) is 125 cm³/mol. The zero-order chi connectivity index (χ0) is 27.1. The fourth-order valence-electron chi connectivity index (χ4n) is 3.80. The SMILES string of the molecule is CC1N(c2cccc(C(F)(F)F)c2)C(=O)C(C(=O)NCc2ccc(S(C)(=O)=O)cc2)=CC1(C)C(N)=O. The first-order valence-corrected chi connectivity index (χ1v) is 12.6. The average molecular weight is 524 g/mol. The summed E-state index contributed by atoms with van der Waals surface area (Å²) in [5, 5.41) is 2.52. The van der Waals surface area contributed by atoms with Gasteiger partial charge in [-0.1, -0.05) is 18.2 Å². The zero-order valence-electron chi connectivity index (χ0n) is 19.6. The van der Waals surface area contributed by atoms with Crippen molar-refractivity contribution >= 4 is 33.2 Å². The molecule has 0 radical (unpaired) electrons. The van der Waals surface area contributed by atoms with Gasteiger partial charge in [0.2, 0.25) is 5.91 Å². The molecule has 192 valence electrons. The molecule has 2 atom stereocenters. The van der Waals surface area contributed by atoms with Crippen LogP contribution in [0.4, 0.5) is 18.9 Å². The van der Waals surface area contributed by atoms with Crippen molar-refractivity contribution in [3.63, 3.8) is 0 Å². The molecule has 1 heterocycles. The van der Waals surface area contributed by atoms with Gasteiger partial charge in [-0.25, -0.2) is 8.42 Å². The second kappa shape index (κ2) is 9.41. The van der Waals surface area contributed by atoms with E-state index in [4.69, 9.17) is 5.73 Å². The highest BCUT2D eigenvalue weighted by atomic mass is 32.2. The fourth-order valence-corrected chi connectivity index (χ4v) is 4.43. The van der Waals surface area contributed by atoms with Crippen LogP contribution in [0.5, 0.6) is 0 Å². The minimum Gasteiger partial charge on any atom is -0.369 e. The Hall–Kier alpha value is -3.67. The first-order valence-electron chi connectivity index (χ1n) is 10.7. The number of nitrogens with one attached hydrogen (secondary N) is 1. The molecule has 2 aromatic carbocycles. The summed E-state index contributed by atoms with van der Waals surface area (Å²) in [5.41, 5.74) is 2.93. The van der Waals surface area contributed by atoms with Crippen LogP contribution >= 0.6 is 0 Å². The van der Waals surface area contributed by atoms with Gasteiger partial charge in [0.15, 0.2) is 9.84 Å². The molecule has 0 saturated heterocycles. The summed E-state index contributed by atoms with van der Waals surface area (Å²) in [4.78, 5) is 39.7. The number of hydrogen-bond acceptors (Lipinski definition) is 5. The smallest absolute Gasteiger partial charge is 0.369 e. The number of nitrogens with zero attached hydrogens (tertiary/aromatic N) is 1. The molecule has 0 saturated carbocycles. The summed E-state index contributed by atoms with van der Waals surface area (Å²) in [7, 11) is -3.41. The van der Waals surface area contributed by atoms with Crippen LogP contribution in [0.2, 0.25) is 0 Å². The van der Waals surface area contributed by atoms with Gasteiger partial charge in [0.1, 0.15) is 5.57 Å². The quantitative estimate of drug-likeness (QED) is 0.563. The summed E-state index contributed by atoms with van der Waals surface area (Å²) in [6.45, 7) is 2.77. The molecular formula is C24H24F3N3O5S. The molecule has 3 amide bonds. The standard InChI is InChI=1S/C24H24F3N3O5S/c1-14-23(2,22(28)33)12-19(20(31)29-13-15-7-9-18(10-8-15)36(3,34)35)21(32)30(14)17-6-4-5-16(11-17)24(25,26)27/h4-12,14H,13H2,1-3H3,(H2,28,33)(H,29,31). The number of anilines is 1. The molecule has 1 aliphatic heterocycles. The number of benzene rings is 2. The molecule has 3 rings (SSSR count). The maximum atomic E-state index is 13.3. The van der Waals surface area contributed by atoms with Crippen LogP contribution in [-0.4, -0.2) is 38.4 Å². The summed E-state index contributed by atoms with van der Waals surface area (Å²) in [6, 6.07) is 8.70. The van der Waals surface area contributed by atoms with Crippen LogP contribution in [0.25, 0.3) is 0 Å². The molecule has 0 aliphatic carbocycles. The van der Waals surface area contributed by atoms with Crippen molar-refractivity contribution in [2.75, 3.05) is 11.2 Å². The number of alkyl halides is 3. The molecule has 0 bridgehead atoms. The van der Waals surface area contributed by atoms with Crippen LogP contribution in [0.3, 0.4) is 0 Å². The Kier molecular flexibility index (Phi) is 7.04. The van der Waals surface area contributed by atoms with Gasteiger partial charge in [0, 0.05) is 18.5 Å². The molecule has 2 unspecified atom stereocenters. The van der Waals surface area contributed by atoms with Gasteiger partial charge in [-0.05, 0) is 55.8 Å². The number of sulfone groups is 1. The van der Waals surface area contributed by atoms with Crippen LogP contribution in [0.1, 0.15) is 25.0 Å². The van der Waals surface area contributed by atoms with Crippen LogP contribution < -0.4 is 16.0 Å². The van der Waals surface area contributed by atoms with Gasteiger partial charge in [-0.3, -0.25) is 14.4 Å². The van der Waals surface area contributed by atoms with Gasteiger partial charge in [0.25, 0.3) is 11.8 Å². The molecule has 8 nitrogen and oxygen atoms in total. The molecule has 2 aromatic rings. The Labute approximate surface area is 205 Å². The molecule has 36 heavy (non-hydrogen) atoms. The van der Waals surface area contributed by atoms with Crippen LogP contribution in [0.15, 0.2) is 65.1 Å². The number of amides is 3. The van der Waals surface area contributed by atoms with E-state index in [1.54, 1.807) is 0 Å². The van der Waals surface area contributed by atoms with Crippen molar-refractivity contribution in [3.05, 3.63) is 71.3 Å². The number of hydrogen-bond donors (Lipinski definition) is 2. The number of primary amides is 1. The maximum absolute atomic E-state index is 13.3.